The monoisotopic (exact) mass is 340 g/mol. The van der Waals surface area contributed by atoms with Crippen molar-refractivity contribution in [3.8, 4) is 0 Å². The van der Waals surface area contributed by atoms with Crippen LogP contribution in [0.25, 0.3) is 11.0 Å². The molecule has 2 aromatic heterocycles. The number of allylic oxidation sites excluding steroid dienone is 1. The van der Waals surface area contributed by atoms with Crippen LogP contribution in [0.15, 0.2) is 24.4 Å². The van der Waals surface area contributed by atoms with Gasteiger partial charge in [-0.2, -0.15) is 0 Å². The molecule has 6 heteroatoms. The number of carbonyl (C=O) groups excluding carboxylic acids is 1. The van der Waals surface area contributed by atoms with Crippen LogP contribution in [0.1, 0.15) is 19.7 Å². The number of aromatic nitrogens is 3. The number of hydrogen-bond donors (Lipinski definition) is 1. The summed E-state index contributed by atoms with van der Waals surface area (Å²) in [7, 11) is 0. The number of fused-ring (bicyclic) bond motifs is 2. The van der Waals surface area contributed by atoms with Crippen molar-refractivity contribution >= 4 is 22.8 Å². The third-order valence-corrected chi connectivity index (χ3v) is 5.46. The predicted molar refractivity (Wildman–Crippen MR) is 96.2 cm³/mol. The first kappa shape index (κ1) is 16.1. The molecule has 0 bridgehead atoms. The van der Waals surface area contributed by atoms with E-state index in [1.807, 2.05) is 26.1 Å². The van der Waals surface area contributed by atoms with Crippen LogP contribution in [0.4, 0.5) is 5.82 Å². The molecule has 1 aliphatic heterocycles. The Morgan fingerprint density at radius 2 is 2.20 bits per heavy atom. The average Bonchev–Trinajstić information content (AvgIpc) is 3.20. The normalized spacial score (nSPS) is 28.4. The minimum atomic E-state index is -0.0815. The molecule has 0 amide bonds. The van der Waals surface area contributed by atoms with Crippen molar-refractivity contribution in [2.24, 2.45) is 23.7 Å². The second kappa shape index (κ2) is 6.17. The molecular formula is C19H24N4O2. The molecule has 0 unspecified atom stereocenters. The molecule has 1 N–H and O–H groups in total. The van der Waals surface area contributed by atoms with Crippen LogP contribution < -0.4 is 4.90 Å². The highest BCUT2D eigenvalue weighted by atomic mass is 16.5. The smallest absolute Gasteiger partial charge is 0.309 e. The van der Waals surface area contributed by atoms with Crippen molar-refractivity contribution < 1.29 is 9.53 Å². The molecule has 1 aliphatic carbocycles. The molecule has 4 atom stereocenters. The van der Waals surface area contributed by atoms with Gasteiger partial charge in [-0.3, -0.25) is 4.79 Å². The highest BCUT2D eigenvalue weighted by Gasteiger charge is 2.45. The Labute approximate surface area is 147 Å². The van der Waals surface area contributed by atoms with Crippen LogP contribution in [0.3, 0.4) is 0 Å². The Bertz CT molecular complexity index is 828. The molecule has 1 saturated heterocycles. The number of aromatic amines is 1. The summed E-state index contributed by atoms with van der Waals surface area (Å²) in [5.41, 5.74) is 1.90. The molecule has 0 aromatic carbocycles. The summed E-state index contributed by atoms with van der Waals surface area (Å²) >= 11 is 0. The van der Waals surface area contributed by atoms with E-state index in [0.29, 0.717) is 12.5 Å². The van der Waals surface area contributed by atoms with Crippen LogP contribution in [0, 0.1) is 30.6 Å². The fraction of sp³-hybridized carbons (Fsp3) is 0.526. The van der Waals surface area contributed by atoms with E-state index in [1.165, 1.54) is 0 Å². The third-order valence-electron chi connectivity index (χ3n) is 5.46. The maximum absolute atomic E-state index is 12.5. The molecule has 4 rings (SSSR count). The van der Waals surface area contributed by atoms with Gasteiger partial charge in [-0.15, -0.1) is 0 Å². The van der Waals surface area contributed by atoms with Crippen molar-refractivity contribution in [2.75, 3.05) is 24.6 Å². The summed E-state index contributed by atoms with van der Waals surface area (Å²) in [5.74, 6) is 2.37. The number of nitrogens with zero attached hydrogens (tertiary/aromatic N) is 3. The number of carbonyl (C=O) groups is 1. The lowest BCUT2D eigenvalue weighted by Gasteiger charge is -2.31. The number of esters is 1. The summed E-state index contributed by atoms with van der Waals surface area (Å²) < 4.78 is 5.35. The van der Waals surface area contributed by atoms with E-state index >= 15 is 0 Å². The maximum Gasteiger partial charge on any atom is 0.309 e. The number of H-pyrrole nitrogens is 1. The van der Waals surface area contributed by atoms with Gasteiger partial charge in [-0.25, -0.2) is 9.97 Å². The van der Waals surface area contributed by atoms with Gasteiger partial charge in [0, 0.05) is 19.3 Å². The Hall–Kier alpha value is -2.37. The van der Waals surface area contributed by atoms with Gasteiger partial charge in [0.15, 0.2) is 5.82 Å². The average molecular weight is 340 g/mol. The Morgan fingerprint density at radius 3 is 3.00 bits per heavy atom. The molecule has 132 valence electrons. The number of nitrogens with one attached hydrogen (secondary N) is 1. The molecule has 0 radical (unpaired) electrons. The van der Waals surface area contributed by atoms with Gasteiger partial charge in [0.2, 0.25) is 0 Å². The molecule has 1 fully saturated rings. The van der Waals surface area contributed by atoms with Crippen LogP contribution in [-0.4, -0.2) is 40.6 Å². The third kappa shape index (κ3) is 2.69. The summed E-state index contributed by atoms with van der Waals surface area (Å²) in [6, 6.07) is 1.97. The zero-order valence-corrected chi connectivity index (χ0v) is 14.9. The Kier molecular flexibility index (Phi) is 3.98. The quantitative estimate of drug-likeness (QED) is 0.687. The van der Waals surface area contributed by atoms with Gasteiger partial charge in [0.25, 0.3) is 0 Å². The molecule has 0 saturated carbocycles. The van der Waals surface area contributed by atoms with E-state index in [0.717, 1.165) is 35.8 Å². The van der Waals surface area contributed by atoms with Gasteiger partial charge in [-0.05, 0) is 37.7 Å². The highest BCUT2D eigenvalue weighted by Crippen LogP contribution is 2.41. The lowest BCUT2D eigenvalue weighted by molar-refractivity contribution is -0.151. The van der Waals surface area contributed by atoms with E-state index < -0.39 is 0 Å². The number of anilines is 1. The summed E-state index contributed by atoms with van der Waals surface area (Å²) in [5, 5.41) is 0. The van der Waals surface area contributed by atoms with Gasteiger partial charge < -0.3 is 14.6 Å². The summed E-state index contributed by atoms with van der Waals surface area (Å²) in [6.07, 6.45) is 6.33. The van der Waals surface area contributed by atoms with Crippen LogP contribution in [0.5, 0.6) is 0 Å². The minimum Gasteiger partial charge on any atom is -0.466 e. The van der Waals surface area contributed by atoms with E-state index in [4.69, 9.17) is 4.74 Å². The van der Waals surface area contributed by atoms with Gasteiger partial charge in [0.05, 0.1) is 18.0 Å². The highest BCUT2D eigenvalue weighted by molar-refractivity contribution is 5.86. The van der Waals surface area contributed by atoms with Crippen molar-refractivity contribution in [3.05, 3.63) is 30.2 Å². The number of ether oxygens (including phenoxy) is 1. The largest absolute Gasteiger partial charge is 0.466 e. The van der Waals surface area contributed by atoms with Crippen LogP contribution in [0.2, 0.25) is 0 Å². The second-order valence-electron chi connectivity index (χ2n) is 7.09. The molecule has 25 heavy (non-hydrogen) atoms. The van der Waals surface area contributed by atoms with E-state index in [1.54, 1.807) is 0 Å². The number of aryl methyl sites for hydroxylation is 1. The Balaban J connectivity index is 1.66. The first-order chi connectivity index (χ1) is 12.1. The van der Waals surface area contributed by atoms with Gasteiger partial charge in [0.1, 0.15) is 11.3 Å². The lowest BCUT2D eigenvalue weighted by Crippen LogP contribution is -2.37. The van der Waals surface area contributed by atoms with E-state index in [9.17, 15) is 4.79 Å². The molecule has 2 aromatic rings. The first-order valence-electron chi connectivity index (χ1n) is 9.00. The molecule has 3 heterocycles. The van der Waals surface area contributed by atoms with Gasteiger partial charge >= 0.3 is 5.97 Å². The lowest BCUT2D eigenvalue weighted by atomic mass is 9.72. The standard InChI is InChI=1S/C19H24N4O2/c1-4-25-19(24)16-11(2)5-6-13-9-23(10-14(13)16)18-17-15(7-8-20-17)21-12(3)22-18/h5-8,11,13-14,16,20H,4,9-10H2,1-3H3/t11-,13-,14-,16-/m0/s1. The van der Waals surface area contributed by atoms with Crippen molar-refractivity contribution in [2.45, 2.75) is 20.8 Å². The summed E-state index contributed by atoms with van der Waals surface area (Å²) in [4.78, 5) is 27.2. The van der Waals surface area contributed by atoms with Crippen molar-refractivity contribution in [1.82, 2.24) is 15.0 Å². The van der Waals surface area contributed by atoms with E-state index in [-0.39, 0.29) is 23.7 Å². The second-order valence-corrected chi connectivity index (χ2v) is 7.09. The first-order valence-corrected chi connectivity index (χ1v) is 9.00. The van der Waals surface area contributed by atoms with Crippen LogP contribution >= 0.6 is 0 Å². The molecular weight excluding hydrogens is 316 g/mol. The zero-order valence-electron chi connectivity index (χ0n) is 14.9. The molecule has 6 nitrogen and oxygen atoms in total. The maximum atomic E-state index is 12.5. The fourth-order valence-electron chi connectivity index (χ4n) is 4.34. The predicted octanol–water partition coefficient (Wildman–Crippen LogP) is 2.70. The van der Waals surface area contributed by atoms with Crippen molar-refractivity contribution in [1.29, 1.82) is 0 Å². The molecule has 2 aliphatic rings. The molecule has 0 spiro atoms. The fourth-order valence-corrected chi connectivity index (χ4v) is 4.34. The Morgan fingerprint density at radius 1 is 1.36 bits per heavy atom. The van der Waals surface area contributed by atoms with Crippen LogP contribution in [-0.2, 0) is 9.53 Å². The SMILES string of the molecule is CCOC(=O)[C@@H]1[C@H]2CN(c3nc(C)nc4cc[nH]c34)C[C@@H]2C=C[C@@H]1C. The van der Waals surface area contributed by atoms with E-state index in [2.05, 4.69) is 38.9 Å². The summed E-state index contributed by atoms with van der Waals surface area (Å²) in [6.45, 7) is 8.01. The number of hydrogen-bond acceptors (Lipinski definition) is 5. The minimum absolute atomic E-state index is 0.0694. The number of rotatable bonds is 3. The van der Waals surface area contributed by atoms with Crippen molar-refractivity contribution in [3.63, 3.8) is 0 Å². The van der Waals surface area contributed by atoms with Gasteiger partial charge in [-0.1, -0.05) is 19.1 Å². The zero-order chi connectivity index (χ0) is 17.6. The topological polar surface area (TPSA) is 71.1 Å².